The first-order chi connectivity index (χ1) is 6.91. The molecule has 15 heavy (non-hydrogen) atoms. The summed E-state index contributed by atoms with van der Waals surface area (Å²) in [5.41, 5.74) is 0.634. The molecule has 1 amide bonds. The average Bonchev–Trinajstić information content (AvgIpc) is 2.17. The van der Waals surface area contributed by atoms with Crippen LogP contribution in [-0.4, -0.2) is 12.1 Å². The Bertz CT molecular complexity index is 334. The molecule has 1 atom stereocenters. The fourth-order valence-electron chi connectivity index (χ4n) is 1.10. The van der Waals surface area contributed by atoms with E-state index in [1.165, 1.54) is 6.92 Å². The molecule has 0 spiro atoms. The van der Waals surface area contributed by atoms with Gasteiger partial charge < -0.3 is 5.32 Å². The molecule has 0 heterocycles. The van der Waals surface area contributed by atoms with Crippen molar-refractivity contribution >= 4 is 5.91 Å². The molecular weight excluding hydrogens is 207 g/mol. The fraction of sp³-hybridized carbons (Fsp3) is 0.300. The van der Waals surface area contributed by atoms with Gasteiger partial charge in [0.05, 0.1) is 6.04 Å². The smallest absolute Gasteiger partial charge is 0.342 e. The van der Waals surface area contributed by atoms with Gasteiger partial charge in [0.1, 0.15) is 0 Å². The summed E-state index contributed by atoms with van der Waals surface area (Å²) in [5.74, 6) is -1.92. The van der Waals surface area contributed by atoms with Gasteiger partial charge in [-0.15, -0.1) is 0 Å². The molecule has 0 aliphatic heterocycles. The van der Waals surface area contributed by atoms with Crippen molar-refractivity contribution in [2.24, 2.45) is 0 Å². The van der Waals surface area contributed by atoms with Crippen LogP contribution in [0.2, 0.25) is 0 Å². The Balaban J connectivity index is 2.65. The number of hydrogen-bond donors (Lipinski definition) is 1. The molecule has 1 rings (SSSR count). The predicted octanol–water partition coefficient (Wildman–Crippen LogP) is 2.43. The average molecular weight is 217 g/mol. The van der Waals surface area contributed by atoms with Crippen LogP contribution in [0.15, 0.2) is 30.3 Å². The van der Waals surface area contributed by atoms with E-state index in [4.69, 9.17) is 0 Å². The lowest BCUT2D eigenvalue weighted by atomic mass is 10.1. The molecule has 1 unspecified atom stereocenters. The van der Waals surface area contributed by atoms with Crippen LogP contribution in [0, 0.1) is 0 Å². The molecule has 0 saturated heterocycles. The third kappa shape index (κ3) is 3.27. The Labute approximate surface area is 85.1 Å². The SMILES string of the molecule is CC(NC(=O)C(F)(F)F)c1ccccc1. The molecule has 0 aliphatic rings. The summed E-state index contributed by atoms with van der Waals surface area (Å²) in [6, 6.07) is 7.81. The van der Waals surface area contributed by atoms with Crippen molar-refractivity contribution in [3.05, 3.63) is 35.9 Å². The number of rotatable bonds is 2. The second-order valence-corrected chi connectivity index (χ2v) is 3.10. The number of halogens is 3. The van der Waals surface area contributed by atoms with Crippen molar-refractivity contribution in [3.63, 3.8) is 0 Å². The molecule has 1 aromatic rings. The van der Waals surface area contributed by atoms with Crippen LogP contribution in [-0.2, 0) is 4.79 Å². The van der Waals surface area contributed by atoms with Gasteiger partial charge in [-0.25, -0.2) is 0 Å². The van der Waals surface area contributed by atoms with Crippen LogP contribution in [0.25, 0.3) is 0 Å². The van der Waals surface area contributed by atoms with Gasteiger partial charge in [0, 0.05) is 0 Å². The molecule has 0 fully saturated rings. The number of nitrogens with one attached hydrogen (secondary N) is 1. The zero-order chi connectivity index (χ0) is 11.5. The van der Waals surface area contributed by atoms with E-state index in [1.54, 1.807) is 30.3 Å². The third-order valence-electron chi connectivity index (χ3n) is 1.90. The quantitative estimate of drug-likeness (QED) is 0.809. The van der Waals surface area contributed by atoms with Gasteiger partial charge in [-0.05, 0) is 12.5 Å². The first kappa shape index (κ1) is 11.6. The van der Waals surface area contributed by atoms with E-state index in [9.17, 15) is 18.0 Å². The van der Waals surface area contributed by atoms with Crippen molar-refractivity contribution in [2.45, 2.75) is 19.1 Å². The molecule has 1 aromatic carbocycles. The first-order valence-corrected chi connectivity index (χ1v) is 4.34. The van der Waals surface area contributed by atoms with Gasteiger partial charge in [-0.1, -0.05) is 30.3 Å². The van der Waals surface area contributed by atoms with E-state index in [2.05, 4.69) is 0 Å². The molecule has 0 saturated carbocycles. The lowest BCUT2D eigenvalue weighted by Crippen LogP contribution is -2.38. The number of alkyl halides is 3. The van der Waals surface area contributed by atoms with Crippen LogP contribution < -0.4 is 5.32 Å². The minimum absolute atomic E-state index is 0.634. The second kappa shape index (κ2) is 4.33. The van der Waals surface area contributed by atoms with Crippen LogP contribution in [0.1, 0.15) is 18.5 Å². The highest BCUT2D eigenvalue weighted by Gasteiger charge is 2.39. The van der Waals surface area contributed by atoms with Crippen LogP contribution in [0.4, 0.5) is 13.2 Å². The highest BCUT2D eigenvalue weighted by atomic mass is 19.4. The van der Waals surface area contributed by atoms with Crippen molar-refractivity contribution in [3.8, 4) is 0 Å². The van der Waals surface area contributed by atoms with E-state index in [0.29, 0.717) is 5.56 Å². The third-order valence-corrected chi connectivity index (χ3v) is 1.90. The van der Waals surface area contributed by atoms with Crippen LogP contribution in [0.3, 0.4) is 0 Å². The number of benzene rings is 1. The standard InChI is InChI=1S/C10H10F3NO/c1-7(8-5-3-2-4-6-8)14-9(15)10(11,12)13/h2-7H,1H3,(H,14,15). The molecule has 0 bridgehead atoms. The van der Waals surface area contributed by atoms with Crippen molar-refractivity contribution in [1.29, 1.82) is 0 Å². The minimum Gasteiger partial charge on any atom is -0.342 e. The summed E-state index contributed by atoms with van der Waals surface area (Å²) in [7, 11) is 0. The zero-order valence-electron chi connectivity index (χ0n) is 8.01. The zero-order valence-corrected chi connectivity index (χ0v) is 8.01. The number of hydrogen-bond acceptors (Lipinski definition) is 1. The maximum absolute atomic E-state index is 11.9. The number of carbonyl (C=O) groups excluding carboxylic acids is 1. The van der Waals surface area contributed by atoms with Gasteiger partial charge >= 0.3 is 12.1 Å². The fourth-order valence-corrected chi connectivity index (χ4v) is 1.10. The van der Waals surface area contributed by atoms with E-state index >= 15 is 0 Å². The Hall–Kier alpha value is -1.52. The lowest BCUT2D eigenvalue weighted by molar-refractivity contribution is -0.174. The van der Waals surface area contributed by atoms with E-state index in [0.717, 1.165) is 0 Å². The Morgan fingerprint density at radius 2 is 1.80 bits per heavy atom. The topological polar surface area (TPSA) is 29.1 Å². The summed E-state index contributed by atoms with van der Waals surface area (Å²) in [4.78, 5) is 10.6. The highest BCUT2D eigenvalue weighted by Crippen LogP contribution is 2.18. The van der Waals surface area contributed by atoms with E-state index in [-0.39, 0.29) is 0 Å². The normalized spacial score (nSPS) is 13.3. The Morgan fingerprint density at radius 3 is 2.27 bits per heavy atom. The first-order valence-electron chi connectivity index (χ1n) is 4.34. The minimum atomic E-state index is -4.83. The predicted molar refractivity (Wildman–Crippen MR) is 49.1 cm³/mol. The summed E-state index contributed by atoms with van der Waals surface area (Å²) in [5, 5.41) is 1.87. The Morgan fingerprint density at radius 1 is 1.27 bits per heavy atom. The van der Waals surface area contributed by atoms with Gasteiger partial charge in [0.2, 0.25) is 0 Å². The van der Waals surface area contributed by atoms with Gasteiger partial charge in [0.25, 0.3) is 0 Å². The molecule has 82 valence electrons. The maximum Gasteiger partial charge on any atom is 0.471 e. The van der Waals surface area contributed by atoms with Crippen LogP contribution in [0.5, 0.6) is 0 Å². The number of carbonyl (C=O) groups is 1. The summed E-state index contributed by atoms with van der Waals surface area (Å²) in [6.07, 6.45) is -4.83. The largest absolute Gasteiger partial charge is 0.471 e. The Kier molecular flexibility index (Phi) is 3.34. The molecule has 0 radical (unpaired) electrons. The van der Waals surface area contributed by atoms with Crippen molar-refractivity contribution < 1.29 is 18.0 Å². The highest BCUT2D eigenvalue weighted by molar-refractivity contribution is 5.82. The van der Waals surface area contributed by atoms with Crippen molar-refractivity contribution in [1.82, 2.24) is 5.32 Å². The van der Waals surface area contributed by atoms with Gasteiger partial charge in [-0.2, -0.15) is 13.2 Å². The number of amides is 1. The van der Waals surface area contributed by atoms with E-state index < -0.39 is 18.1 Å². The van der Waals surface area contributed by atoms with E-state index in [1.807, 2.05) is 5.32 Å². The molecule has 0 aliphatic carbocycles. The second-order valence-electron chi connectivity index (χ2n) is 3.10. The molecule has 1 N–H and O–H groups in total. The van der Waals surface area contributed by atoms with Crippen molar-refractivity contribution in [2.75, 3.05) is 0 Å². The monoisotopic (exact) mass is 217 g/mol. The molecule has 2 nitrogen and oxygen atoms in total. The summed E-state index contributed by atoms with van der Waals surface area (Å²) >= 11 is 0. The summed E-state index contributed by atoms with van der Waals surface area (Å²) in [6.45, 7) is 1.50. The van der Waals surface area contributed by atoms with Gasteiger partial charge in [-0.3, -0.25) is 4.79 Å². The van der Waals surface area contributed by atoms with Gasteiger partial charge in [0.15, 0.2) is 0 Å². The maximum atomic E-state index is 11.9. The lowest BCUT2D eigenvalue weighted by Gasteiger charge is -2.15. The molecule has 5 heteroatoms. The molecule has 0 aromatic heterocycles. The van der Waals surface area contributed by atoms with Crippen LogP contribution >= 0.6 is 0 Å². The molecular formula is C10H10F3NO. The summed E-state index contributed by atoms with van der Waals surface area (Å²) < 4.78 is 35.7.